The van der Waals surface area contributed by atoms with Gasteiger partial charge in [-0.05, 0) is 43.9 Å². The molecule has 0 spiro atoms. The highest BCUT2D eigenvalue weighted by Gasteiger charge is 2.29. The highest BCUT2D eigenvalue weighted by atomic mass is 16.2. The van der Waals surface area contributed by atoms with Gasteiger partial charge in [-0.1, -0.05) is 0 Å². The average molecular weight is 326 g/mol. The molecule has 1 saturated carbocycles. The van der Waals surface area contributed by atoms with Crippen molar-refractivity contribution in [1.82, 2.24) is 14.5 Å². The summed E-state index contributed by atoms with van der Waals surface area (Å²) in [6, 6.07) is 5.75. The van der Waals surface area contributed by atoms with E-state index >= 15 is 0 Å². The van der Waals surface area contributed by atoms with Gasteiger partial charge in [0.1, 0.15) is 5.82 Å². The van der Waals surface area contributed by atoms with Gasteiger partial charge in [0.15, 0.2) is 0 Å². The molecule has 126 valence electrons. The van der Waals surface area contributed by atoms with Crippen molar-refractivity contribution in [3.63, 3.8) is 0 Å². The van der Waals surface area contributed by atoms with Gasteiger partial charge < -0.3 is 15.2 Å². The Hall–Kier alpha value is -2.37. The van der Waals surface area contributed by atoms with Crippen LogP contribution in [0.5, 0.6) is 0 Å². The lowest BCUT2D eigenvalue weighted by Crippen LogP contribution is -2.41. The van der Waals surface area contributed by atoms with E-state index in [1.807, 2.05) is 30.1 Å². The van der Waals surface area contributed by atoms with Gasteiger partial charge >= 0.3 is 0 Å². The largest absolute Gasteiger partial charge is 0.369 e. The molecule has 1 aliphatic heterocycles. The van der Waals surface area contributed by atoms with Gasteiger partial charge in [0.2, 0.25) is 5.91 Å². The molecule has 1 aromatic carbocycles. The summed E-state index contributed by atoms with van der Waals surface area (Å²) in [7, 11) is 2.04. The lowest BCUT2D eigenvalue weighted by Gasteiger charge is -2.30. The number of nitrogens with zero attached hydrogens (tertiary/aromatic N) is 3. The topological polar surface area (TPSA) is 81.2 Å². The summed E-state index contributed by atoms with van der Waals surface area (Å²) in [5.41, 5.74) is 7.98. The van der Waals surface area contributed by atoms with Crippen LogP contribution in [0.1, 0.15) is 47.8 Å². The number of benzene rings is 1. The minimum Gasteiger partial charge on any atom is -0.369 e. The van der Waals surface area contributed by atoms with Crippen LogP contribution in [0.15, 0.2) is 18.2 Å². The number of amides is 2. The van der Waals surface area contributed by atoms with Crippen molar-refractivity contribution >= 4 is 22.8 Å². The van der Waals surface area contributed by atoms with Crippen molar-refractivity contribution in [1.29, 1.82) is 0 Å². The number of aromatic nitrogens is 2. The Morgan fingerprint density at radius 3 is 2.50 bits per heavy atom. The van der Waals surface area contributed by atoms with Gasteiger partial charge in [-0.25, -0.2) is 4.98 Å². The molecule has 2 fully saturated rings. The van der Waals surface area contributed by atoms with Crippen molar-refractivity contribution in [2.45, 2.75) is 31.6 Å². The van der Waals surface area contributed by atoms with Crippen molar-refractivity contribution in [2.24, 2.45) is 18.7 Å². The first-order valence-electron chi connectivity index (χ1n) is 8.59. The number of carbonyl (C=O) groups excluding carboxylic acids is 2. The van der Waals surface area contributed by atoms with Crippen molar-refractivity contribution < 1.29 is 9.59 Å². The van der Waals surface area contributed by atoms with E-state index in [4.69, 9.17) is 10.7 Å². The molecule has 2 aliphatic rings. The predicted molar refractivity (Wildman–Crippen MR) is 90.5 cm³/mol. The van der Waals surface area contributed by atoms with Crippen LogP contribution in [0.25, 0.3) is 11.0 Å². The second-order valence-electron chi connectivity index (χ2n) is 6.98. The SMILES string of the molecule is Cn1c(C2CC2)nc2cc(C(=O)N3CCC(C(N)=O)CC3)ccc21. The number of aryl methyl sites for hydroxylation is 1. The molecule has 2 heterocycles. The summed E-state index contributed by atoms with van der Waals surface area (Å²) < 4.78 is 2.14. The minimum atomic E-state index is -0.260. The van der Waals surface area contributed by atoms with E-state index in [9.17, 15) is 9.59 Å². The van der Waals surface area contributed by atoms with E-state index in [1.165, 1.54) is 12.8 Å². The maximum absolute atomic E-state index is 12.7. The molecule has 0 unspecified atom stereocenters. The number of rotatable bonds is 3. The number of hydrogen-bond donors (Lipinski definition) is 1. The monoisotopic (exact) mass is 326 g/mol. The summed E-state index contributed by atoms with van der Waals surface area (Å²) in [5.74, 6) is 1.35. The van der Waals surface area contributed by atoms with Crippen molar-refractivity contribution in [3.05, 3.63) is 29.6 Å². The van der Waals surface area contributed by atoms with Crippen LogP contribution in [0.2, 0.25) is 0 Å². The Morgan fingerprint density at radius 1 is 1.17 bits per heavy atom. The zero-order chi connectivity index (χ0) is 16.8. The van der Waals surface area contributed by atoms with Crippen LogP contribution in [0.4, 0.5) is 0 Å². The predicted octanol–water partition coefficient (Wildman–Crippen LogP) is 1.79. The number of nitrogens with two attached hydrogens (primary N) is 1. The van der Waals surface area contributed by atoms with Crippen LogP contribution in [-0.2, 0) is 11.8 Å². The summed E-state index contributed by atoms with van der Waals surface area (Å²) in [6.45, 7) is 1.17. The highest BCUT2D eigenvalue weighted by Crippen LogP contribution is 2.40. The van der Waals surface area contributed by atoms with Crippen molar-refractivity contribution in [2.75, 3.05) is 13.1 Å². The Morgan fingerprint density at radius 2 is 1.88 bits per heavy atom. The van der Waals surface area contributed by atoms with Gasteiger partial charge in [-0.15, -0.1) is 0 Å². The standard InChI is InChI=1S/C18H22N4O2/c1-21-15-5-4-13(10-14(15)20-17(21)12-2-3-12)18(24)22-8-6-11(7-9-22)16(19)23/h4-5,10-12H,2-3,6-9H2,1H3,(H2,19,23). The normalized spacial score (nSPS) is 19.0. The third-order valence-electron chi connectivity index (χ3n) is 5.29. The minimum absolute atomic E-state index is 0.0124. The van der Waals surface area contributed by atoms with E-state index in [0.717, 1.165) is 16.9 Å². The number of primary amides is 1. The fraction of sp³-hybridized carbons (Fsp3) is 0.500. The Bertz CT molecular complexity index is 814. The molecule has 6 heteroatoms. The van der Waals surface area contributed by atoms with Crippen LogP contribution >= 0.6 is 0 Å². The van der Waals surface area contributed by atoms with Crippen LogP contribution in [0.3, 0.4) is 0 Å². The molecule has 4 rings (SSSR count). The fourth-order valence-electron chi connectivity index (χ4n) is 3.61. The third-order valence-corrected chi connectivity index (χ3v) is 5.29. The van der Waals surface area contributed by atoms with Crippen LogP contribution < -0.4 is 5.73 Å². The lowest BCUT2D eigenvalue weighted by molar-refractivity contribution is -0.123. The fourth-order valence-corrected chi connectivity index (χ4v) is 3.61. The van der Waals surface area contributed by atoms with Gasteiger partial charge in [0.05, 0.1) is 11.0 Å². The van der Waals surface area contributed by atoms with Crippen LogP contribution in [-0.4, -0.2) is 39.4 Å². The molecule has 0 bridgehead atoms. The summed E-state index contributed by atoms with van der Waals surface area (Å²) in [4.78, 5) is 30.5. The van der Waals surface area contributed by atoms with E-state index in [0.29, 0.717) is 37.4 Å². The second kappa shape index (κ2) is 5.61. The average Bonchev–Trinajstić information content (AvgIpc) is 3.38. The van der Waals surface area contributed by atoms with Gasteiger partial charge in [-0.2, -0.15) is 0 Å². The molecular weight excluding hydrogens is 304 g/mol. The first kappa shape index (κ1) is 15.2. The van der Waals surface area contributed by atoms with Crippen LogP contribution in [0, 0.1) is 5.92 Å². The molecule has 1 aliphatic carbocycles. The summed E-state index contributed by atoms with van der Waals surface area (Å²) in [5, 5.41) is 0. The molecule has 2 aromatic rings. The zero-order valence-electron chi connectivity index (χ0n) is 13.9. The smallest absolute Gasteiger partial charge is 0.253 e. The molecular formula is C18H22N4O2. The Labute approximate surface area is 140 Å². The Balaban J connectivity index is 1.55. The number of fused-ring (bicyclic) bond motifs is 1. The van der Waals surface area contributed by atoms with E-state index in [1.54, 1.807) is 0 Å². The Kier molecular flexibility index (Phi) is 3.55. The maximum atomic E-state index is 12.7. The number of likely N-dealkylation sites (tertiary alicyclic amines) is 1. The summed E-state index contributed by atoms with van der Waals surface area (Å²) >= 11 is 0. The van der Waals surface area contributed by atoms with Gasteiger partial charge in [-0.3, -0.25) is 9.59 Å². The first-order valence-corrected chi connectivity index (χ1v) is 8.59. The molecule has 0 atom stereocenters. The summed E-state index contributed by atoms with van der Waals surface area (Å²) in [6.07, 6.45) is 3.72. The number of carbonyl (C=O) groups is 2. The van der Waals surface area contributed by atoms with E-state index in [2.05, 4.69) is 4.57 Å². The molecule has 2 amide bonds. The van der Waals surface area contributed by atoms with Gasteiger partial charge in [0.25, 0.3) is 5.91 Å². The molecule has 1 saturated heterocycles. The first-order chi connectivity index (χ1) is 11.5. The maximum Gasteiger partial charge on any atom is 0.253 e. The van der Waals surface area contributed by atoms with E-state index in [-0.39, 0.29) is 17.7 Å². The highest BCUT2D eigenvalue weighted by molar-refractivity contribution is 5.97. The molecule has 2 N–H and O–H groups in total. The lowest BCUT2D eigenvalue weighted by atomic mass is 9.96. The number of hydrogen-bond acceptors (Lipinski definition) is 3. The van der Waals surface area contributed by atoms with Gasteiger partial charge in [0, 0.05) is 37.5 Å². The molecule has 24 heavy (non-hydrogen) atoms. The second-order valence-corrected chi connectivity index (χ2v) is 6.98. The number of piperidine rings is 1. The molecule has 1 aromatic heterocycles. The van der Waals surface area contributed by atoms with Crippen molar-refractivity contribution in [3.8, 4) is 0 Å². The third kappa shape index (κ3) is 2.56. The zero-order valence-corrected chi connectivity index (χ0v) is 13.9. The molecule has 0 radical (unpaired) electrons. The van der Waals surface area contributed by atoms with E-state index < -0.39 is 0 Å². The quantitative estimate of drug-likeness (QED) is 0.933. The molecule has 6 nitrogen and oxygen atoms in total. The number of imidazole rings is 1.